The largest absolute Gasteiger partial charge is 0.394 e. The number of thiol groups is 1. The second kappa shape index (κ2) is 18.6. The van der Waals surface area contributed by atoms with Crippen molar-refractivity contribution in [3.05, 3.63) is 0 Å². The summed E-state index contributed by atoms with van der Waals surface area (Å²) in [6.07, 6.45) is 21.6. The Bertz CT molecular complexity index is 263. The van der Waals surface area contributed by atoms with Crippen LogP contribution in [0.15, 0.2) is 0 Å². The normalized spacial score (nSPS) is 14.1. The summed E-state index contributed by atoms with van der Waals surface area (Å²) >= 11 is 4.72. The third-order valence-corrected chi connectivity index (χ3v) is 5.97. The molecule has 0 radical (unpaired) electrons. The van der Waals surface area contributed by atoms with Gasteiger partial charge < -0.3 is 5.11 Å². The number of nitrogens with zero attached hydrogens (tertiary/aromatic N) is 1. The minimum absolute atomic E-state index is 0.129. The first kappa shape index (κ1) is 26.3. The number of hydrogen-bond acceptors (Lipinski definition) is 3. The molecule has 3 heteroatoms. The molecule has 158 valence electrons. The van der Waals surface area contributed by atoms with Crippen molar-refractivity contribution in [1.29, 1.82) is 0 Å². The summed E-state index contributed by atoms with van der Waals surface area (Å²) in [6, 6.07) is 0. The molecular weight excluding hydrogens is 338 g/mol. The van der Waals surface area contributed by atoms with Gasteiger partial charge in [0.25, 0.3) is 0 Å². The molecule has 0 saturated heterocycles. The third-order valence-electron chi connectivity index (χ3n) is 5.54. The summed E-state index contributed by atoms with van der Waals surface area (Å²) in [5.41, 5.74) is 0. The third kappa shape index (κ3) is 15.3. The zero-order valence-corrected chi connectivity index (χ0v) is 19.2. The highest BCUT2D eigenvalue weighted by molar-refractivity contribution is 7.81. The molecule has 0 aliphatic heterocycles. The van der Waals surface area contributed by atoms with Gasteiger partial charge in [0.05, 0.1) is 11.5 Å². The number of hydrogen-bond donors (Lipinski definition) is 2. The fourth-order valence-electron chi connectivity index (χ4n) is 3.57. The van der Waals surface area contributed by atoms with Gasteiger partial charge >= 0.3 is 0 Å². The van der Waals surface area contributed by atoms with Gasteiger partial charge in [-0.2, -0.15) is 12.6 Å². The summed E-state index contributed by atoms with van der Waals surface area (Å²) in [5.74, 6) is 0. The molecule has 0 fully saturated rings. The smallest absolute Gasteiger partial charge is 0.0846 e. The van der Waals surface area contributed by atoms with Crippen molar-refractivity contribution in [1.82, 2.24) is 4.90 Å². The number of rotatable bonds is 20. The molecule has 1 atom stereocenters. The summed E-state index contributed by atoms with van der Waals surface area (Å²) in [5, 5.41) is 9.69. The summed E-state index contributed by atoms with van der Waals surface area (Å²) in [4.78, 5) is 2.03. The van der Waals surface area contributed by atoms with Gasteiger partial charge in [-0.1, -0.05) is 104 Å². The Kier molecular flexibility index (Phi) is 18.8. The maximum absolute atomic E-state index is 9.69. The van der Waals surface area contributed by atoms with E-state index in [0.717, 1.165) is 13.1 Å². The minimum atomic E-state index is -0.373. The molecule has 0 bridgehead atoms. The Morgan fingerprint density at radius 3 is 1.23 bits per heavy atom. The Morgan fingerprint density at radius 2 is 0.923 bits per heavy atom. The number of aliphatic hydroxyl groups excluding tert-OH is 1. The van der Waals surface area contributed by atoms with E-state index in [2.05, 4.69) is 25.7 Å². The lowest BCUT2D eigenvalue weighted by atomic mass is 10.1. The van der Waals surface area contributed by atoms with Crippen molar-refractivity contribution in [2.24, 2.45) is 0 Å². The van der Waals surface area contributed by atoms with Crippen LogP contribution in [-0.2, 0) is 0 Å². The van der Waals surface area contributed by atoms with E-state index < -0.39 is 0 Å². The van der Waals surface area contributed by atoms with Crippen LogP contribution in [0.1, 0.15) is 124 Å². The Balaban J connectivity index is 3.82. The monoisotopic (exact) mass is 387 g/mol. The molecule has 0 saturated carbocycles. The van der Waals surface area contributed by atoms with Crippen LogP contribution in [0.5, 0.6) is 0 Å². The molecule has 0 heterocycles. The molecule has 0 aromatic rings. The quantitative estimate of drug-likeness (QED) is 0.131. The van der Waals surface area contributed by atoms with Crippen LogP contribution in [0, 0.1) is 0 Å². The Morgan fingerprint density at radius 1 is 0.615 bits per heavy atom. The zero-order valence-electron chi connectivity index (χ0n) is 18.3. The lowest BCUT2D eigenvalue weighted by Gasteiger charge is -2.36. The van der Waals surface area contributed by atoms with E-state index in [1.165, 1.54) is 103 Å². The maximum Gasteiger partial charge on any atom is 0.0846 e. The molecule has 0 amide bonds. The van der Waals surface area contributed by atoms with Gasteiger partial charge in [0.1, 0.15) is 0 Å². The van der Waals surface area contributed by atoms with Gasteiger partial charge in [-0.15, -0.1) is 0 Å². The molecule has 1 N–H and O–H groups in total. The molecule has 0 aromatic heterocycles. The molecule has 1 unspecified atom stereocenters. The van der Waals surface area contributed by atoms with Gasteiger partial charge in [0, 0.05) is 0 Å². The first-order valence-corrected chi connectivity index (χ1v) is 12.1. The maximum atomic E-state index is 9.69. The number of aliphatic hydroxyl groups is 1. The van der Waals surface area contributed by atoms with Crippen molar-refractivity contribution < 1.29 is 5.11 Å². The summed E-state index contributed by atoms with van der Waals surface area (Å²) in [7, 11) is 0. The predicted octanol–water partition coefficient (Wildman–Crippen LogP) is 7.21. The molecule has 26 heavy (non-hydrogen) atoms. The lowest BCUT2D eigenvalue weighted by Crippen LogP contribution is -2.45. The van der Waals surface area contributed by atoms with Crippen LogP contribution in [0.25, 0.3) is 0 Å². The average molecular weight is 388 g/mol. The van der Waals surface area contributed by atoms with Crippen molar-refractivity contribution in [2.45, 2.75) is 128 Å². The minimum Gasteiger partial charge on any atom is -0.394 e. The van der Waals surface area contributed by atoms with Crippen molar-refractivity contribution in [2.75, 3.05) is 19.7 Å². The predicted molar refractivity (Wildman–Crippen MR) is 121 cm³/mol. The van der Waals surface area contributed by atoms with Crippen LogP contribution in [-0.4, -0.2) is 34.6 Å². The lowest BCUT2D eigenvalue weighted by molar-refractivity contribution is 0.107. The van der Waals surface area contributed by atoms with Gasteiger partial charge in [0.15, 0.2) is 0 Å². The fraction of sp³-hybridized carbons (Fsp3) is 1.00. The first-order valence-electron chi connectivity index (χ1n) is 11.7. The molecular formula is C23H49NOS. The highest BCUT2D eigenvalue weighted by Crippen LogP contribution is 2.21. The Hall–Kier alpha value is 0.270. The highest BCUT2D eigenvalue weighted by Gasteiger charge is 2.25. The fourth-order valence-corrected chi connectivity index (χ4v) is 3.77. The zero-order chi connectivity index (χ0) is 19.5. The van der Waals surface area contributed by atoms with Crippen LogP contribution >= 0.6 is 12.6 Å². The van der Waals surface area contributed by atoms with Gasteiger partial charge in [0.2, 0.25) is 0 Å². The molecule has 2 nitrogen and oxygen atoms in total. The second-order valence-electron chi connectivity index (χ2n) is 8.31. The van der Waals surface area contributed by atoms with Gasteiger partial charge in [-0.25, -0.2) is 0 Å². The topological polar surface area (TPSA) is 23.5 Å². The van der Waals surface area contributed by atoms with E-state index in [1.807, 2.05) is 0 Å². The second-order valence-corrected chi connectivity index (χ2v) is 9.28. The van der Waals surface area contributed by atoms with E-state index in [4.69, 9.17) is 12.6 Å². The standard InChI is InChI=1S/C23H49NOS/c1-4-6-8-10-12-14-16-18-20-24(23(3,26)22-25)21-19-17-15-13-11-9-7-5-2/h25-26H,4-22H2,1-3H3. The molecule has 0 aliphatic carbocycles. The van der Waals surface area contributed by atoms with Crippen LogP contribution in [0.4, 0.5) is 0 Å². The number of unbranched alkanes of at least 4 members (excludes halogenated alkanes) is 14. The SMILES string of the molecule is CCCCCCCCCCN(CCCCCCCCCC)C(C)(S)CO. The molecule has 0 spiro atoms. The summed E-state index contributed by atoms with van der Waals surface area (Å²) in [6.45, 7) is 8.89. The van der Waals surface area contributed by atoms with E-state index in [-0.39, 0.29) is 11.5 Å². The van der Waals surface area contributed by atoms with Crippen molar-refractivity contribution >= 4 is 12.6 Å². The summed E-state index contributed by atoms with van der Waals surface area (Å²) < 4.78 is 0. The van der Waals surface area contributed by atoms with Crippen molar-refractivity contribution in [3.8, 4) is 0 Å². The first-order chi connectivity index (χ1) is 12.6. The average Bonchev–Trinajstić information content (AvgIpc) is 2.64. The van der Waals surface area contributed by atoms with E-state index >= 15 is 0 Å². The molecule has 0 rings (SSSR count). The van der Waals surface area contributed by atoms with Crippen LogP contribution < -0.4 is 0 Å². The van der Waals surface area contributed by atoms with E-state index in [0.29, 0.717) is 0 Å². The van der Waals surface area contributed by atoms with Crippen LogP contribution in [0.3, 0.4) is 0 Å². The van der Waals surface area contributed by atoms with Gasteiger partial charge in [-0.3, -0.25) is 4.90 Å². The molecule has 0 aliphatic rings. The van der Waals surface area contributed by atoms with E-state index in [9.17, 15) is 5.11 Å². The van der Waals surface area contributed by atoms with Crippen molar-refractivity contribution in [3.63, 3.8) is 0 Å². The molecule has 0 aromatic carbocycles. The van der Waals surface area contributed by atoms with Crippen LogP contribution in [0.2, 0.25) is 0 Å². The highest BCUT2D eigenvalue weighted by atomic mass is 32.1. The Labute approximate surface area is 170 Å². The van der Waals surface area contributed by atoms with Gasteiger partial charge in [-0.05, 0) is 32.9 Å². The van der Waals surface area contributed by atoms with E-state index in [1.54, 1.807) is 0 Å².